The molecular formula is C10H18O2Te2. The number of ether oxygens (including phenoxy) is 2. The molecule has 4 heteroatoms. The second-order valence-corrected chi connectivity index (χ2v) is 16.1. The molecule has 2 unspecified atom stereocenters. The summed E-state index contributed by atoms with van der Waals surface area (Å²) >= 11 is 0.698. The molecule has 0 aromatic rings. The van der Waals surface area contributed by atoms with Gasteiger partial charge in [0.05, 0.1) is 0 Å². The summed E-state index contributed by atoms with van der Waals surface area (Å²) in [5.74, 6) is 0. The van der Waals surface area contributed by atoms with Crippen LogP contribution in [0, 0.1) is 0 Å². The topological polar surface area (TPSA) is 18.5 Å². The third-order valence-electron chi connectivity index (χ3n) is 2.64. The molecule has 2 aliphatic rings. The molecule has 0 spiro atoms. The summed E-state index contributed by atoms with van der Waals surface area (Å²) < 4.78 is 14.2. The van der Waals surface area contributed by atoms with Crippen molar-refractivity contribution in [3.63, 3.8) is 0 Å². The Morgan fingerprint density at radius 2 is 1.36 bits per heavy atom. The molecule has 2 heterocycles. The van der Waals surface area contributed by atoms with Crippen LogP contribution >= 0.6 is 0 Å². The van der Waals surface area contributed by atoms with E-state index in [0.29, 0.717) is 46.3 Å². The van der Waals surface area contributed by atoms with E-state index in [2.05, 4.69) is 0 Å². The van der Waals surface area contributed by atoms with Gasteiger partial charge < -0.3 is 0 Å². The molecule has 82 valence electrons. The molecule has 2 rings (SSSR count). The molecule has 0 saturated carbocycles. The molecule has 0 aliphatic carbocycles. The van der Waals surface area contributed by atoms with Gasteiger partial charge in [-0.25, -0.2) is 0 Å². The van der Waals surface area contributed by atoms with Crippen LogP contribution in [0.15, 0.2) is 0 Å². The van der Waals surface area contributed by atoms with Gasteiger partial charge in [-0.15, -0.1) is 0 Å². The molecule has 2 fully saturated rings. The van der Waals surface area contributed by atoms with Gasteiger partial charge in [-0.05, 0) is 0 Å². The molecule has 2 nitrogen and oxygen atoms in total. The van der Waals surface area contributed by atoms with Crippen molar-refractivity contribution in [3.05, 3.63) is 0 Å². The maximum atomic E-state index is 5.65. The Morgan fingerprint density at radius 3 is 1.71 bits per heavy atom. The zero-order valence-corrected chi connectivity index (χ0v) is 13.1. The first-order valence-corrected chi connectivity index (χ1v) is 16.1. The van der Waals surface area contributed by atoms with Gasteiger partial charge in [0.15, 0.2) is 0 Å². The molecule has 2 aliphatic heterocycles. The van der Waals surface area contributed by atoms with Crippen LogP contribution in [0.25, 0.3) is 0 Å². The van der Waals surface area contributed by atoms with Crippen LogP contribution in [0.4, 0.5) is 0 Å². The summed E-state index contributed by atoms with van der Waals surface area (Å²) in [5.41, 5.74) is 0. The van der Waals surface area contributed by atoms with Crippen LogP contribution in [-0.4, -0.2) is 59.5 Å². The van der Waals surface area contributed by atoms with Crippen LogP contribution in [0.1, 0.15) is 25.7 Å². The first-order chi connectivity index (χ1) is 6.95. The number of hydrogen-bond donors (Lipinski definition) is 0. The van der Waals surface area contributed by atoms with Gasteiger partial charge in [0.25, 0.3) is 0 Å². The second kappa shape index (κ2) is 6.95. The van der Waals surface area contributed by atoms with Gasteiger partial charge in [-0.2, -0.15) is 0 Å². The van der Waals surface area contributed by atoms with Gasteiger partial charge in [-0.3, -0.25) is 0 Å². The van der Waals surface area contributed by atoms with Crippen LogP contribution in [-0.2, 0) is 9.47 Å². The molecule has 2 atom stereocenters. The van der Waals surface area contributed by atoms with Gasteiger partial charge in [0.2, 0.25) is 0 Å². The summed E-state index contributed by atoms with van der Waals surface area (Å²) in [7, 11) is 0. The van der Waals surface area contributed by atoms with Crippen molar-refractivity contribution in [2.45, 2.75) is 46.8 Å². The summed E-state index contributed by atoms with van der Waals surface area (Å²) in [6, 6.07) is 0. The molecule has 0 aromatic carbocycles. The third-order valence-corrected chi connectivity index (χ3v) is 14.4. The van der Waals surface area contributed by atoms with Gasteiger partial charge >= 0.3 is 104 Å². The normalized spacial score (nSPS) is 32.6. The van der Waals surface area contributed by atoms with E-state index in [0.717, 1.165) is 13.2 Å². The Labute approximate surface area is 103 Å². The predicted octanol–water partition coefficient (Wildman–Crippen LogP) is 1.50. The fourth-order valence-corrected chi connectivity index (χ4v) is 14.2. The first kappa shape index (κ1) is 12.0. The Balaban J connectivity index is 1.46. The van der Waals surface area contributed by atoms with E-state index in [9.17, 15) is 0 Å². The molecular weight excluding hydrogens is 407 g/mol. The molecule has 0 bridgehead atoms. The van der Waals surface area contributed by atoms with Crippen molar-refractivity contribution in [2.75, 3.05) is 13.2 Å². The van der Waals surface area contributed by atoms with Gasteiger partial charge in [0.1, 0.15) is 0 Å². The second-order valence-electron chi connectivity index (χ2n) is 3.84. The zero-order valence-electron chi connectivity index (χ0n) is 8.44. The van der Waals surface area contributed by atoms with Crippen molar-refractivity contribution < 1.29 is 9.47 Å². The molecule has 0 amide bonds. The van der Waals surface area contributed by atoms with Crippen molar-refractivity contribution in [3.8, 4) is 0 Å². The van der Waals surface area contributed by atoms with Crippen LogP contribution in [0.3, 0.4) is 0 Å². The fourth-order valence-electron chi connectivity index (χ4n) is 1.80. The Kier molecular flexibility index (Phi) is 5.94. The molecule has 0 aromatic heterocycles. The van der Waals surface area contributed by atoms with E-state index < -0.39 is 0 Å². The predicted molar refractivity (Wildman–Crippen MR) is 59.1 cm³/mol. The number of rotatable bonds is 5. The molecule has 0 radical (unpaired) electrons. The summed E-state index contributed by atoms with van der Waals surface area (Å²) in [5, 5.41) is 0. The third kappa shape index (κ3) is 4.17. The fraction of sp³-hybridized carbons (Fsp3) is 1.00. The van der Waals surface area contributed by atoms with E-state index in [1.165, 1.54) is 34.6 Å². The minimum absolute atomic E-state index is 0.349. The Hall–Kier alpha value is 1.50. The Bertz CT molecular complexity index is 136. The van der Waals surface area contributed by atoms with Crippen LogP contribution in [0.5, 0.6) is 0 Å². The van der Waals surface area contributed by atoms with Crippen molar-refractivity contribution in [1.29, 1.82) is 0 Å². The van der Waals surface area contributed by atoms with Crippen LogP contribution < -0.4 is 0 Å². The average molecular weight is 425 g/mol. The Morgan fingerprint density at radius 1 is 0.857 bits per heavy atom. The maximum absolute atomic E-state index is 5.65. The minimum atomic E-state index is 0.349. The zero-order chi connectivity index (χ0) is 9.64. The van der Waals surface area contributed by atoms with Crippen molar-refractivity contribution in [2.24, 2.45) is 0 Å². The van der Waals surface area contributed by atoms with E-state index in [-0.39, 0.29) is 0 Å². The van der Waals surface area contributed by atoms with Gasteiger partial charge in [-0.1, -0.05) is 0 Å². The summed E-state index contributed by atoms with van der Waals surface area (Å²) in [6.07, 6.45) is 6.65. The molecule has 0 N–H and O–H groups in total. The number of hydrogen-bond acceptors (Lipinski definition) is 2. The van der Waals surface area contributed by atoms with Crippen LogP contribution in [0.2, 0.25) is 8.94 Å². The monoisotopic (exact) mass is 430 g/mol. The van der Waals surface area contributed by atoms with E-state index in [1.54, 1.807) is 0 Å². The average Bonchev–Trinajstić information content (AvgIpc) is 2.86. The first-order valence-electron chi connectivity index (χ1n) is 5.43. The van der Waals surface area contributed by atoms with E-state index in [4.69, 9.17) is 9.47 Å². The molecule has 2 saturated heterocycles. The quantitative estimate of drug-likeness (QED) is 0.491. The van der Waals surface area contributed by atoms with Crippen molar-refractivity contribution >= 4 is 34.1 Å². The summed E-state index contributed by atoms with van der Waals surface area (Å²) in [6.45, 7) is 2.06. The van der Waals surface area contributed by atoms with Gasteiger partial charge in [0, 0.05) is 0 Å². The standard InChI is InChI=1S/C10H18O2Te2/c1-3-9(11-5-1)7-13-14-8-10-4-2-6-12-10/h9-10H,1-8H2. The SMILES string of the molecule is C1COC(C[Te][Te]CC2CCCO2)C1. The van der Waals surface area contributed by atoms with E-state index in [1.807, 2.05) is 0 Å². The summed E-state index contributed by atoms with van der Waals surface area (Å²) in [4.78, 5) is 0. The van der Waals surface area contributed by atoms with Crippen molar-refractivity contribution in [1.82, 2.24) is 0 Å². The van der Waals surface area contributed by atoms with E-state index >= 15 is 0 Å². The molecule has 14 heavy (non-hydrogen) atoms.